The number of nitrogens with one attached hydrogen (secondary N) is 1. The van der Waals surface area contributed by atoms with E-state index in [0.717, 1.165) is 13.1 Å². The van der Waals surface area contributed by atoms with E-state index < -0.39 is 5.54 Å². The van der Waals surface area contributed by atoms with Crippen LogP contribution in [0.4, 0.5) is 0 Å². The molecule has 1 amide bonds. The van der Waals surface area contributed by atoms with Gasteiger partial charge in [-0.1, -0.05) is 20.8 Å². The number of nitrogens with zero attached hydrogens (tertiary/aromatic N) is 1. The summed E-state index contributed by atoms with van der Waals surface area (Å²) in [5.74, 6) is 0.300. The van der Waals surface area contributed by atoms with Crippen molar-refractivity contribution in [2.45, 2.75) is 33.2 Å². The molecule has 15 heavy (non-hydrogen) atoms. The topological polar surface area (TPSA) is 58.4 Å². The van der Waals surface area contributed by atoms with Crippen LogP contribution in [0.25, 0.3) is 0 Å². The van der Waals surface area contributed by atoms with Crippen molar-refractivity contribution in [1.82, 2.24) is 10.2 Å². The second-order valence-corrected chi connectivity index (χ2v) is 4.82. The van der Waals surface area contributed by atoms with E-state index in [1.807, 2.05) is 20.9 Å². The van der Waals surface area contributed by atoms with Gasteiger partial charge >= 0.3 is 0 Å². The van der Waals surface area contributed by atoms with Crippen LogP contribution in [-0.4, -0.2) is 43.0 Å². The third kappa shape index (κ3) is 5.14. The van der Waals surface area contributed by atoms with Crippen LogP contribution >= 0.6 is 0 Å². The second kappa shape index (κ2) is 6.08. The summed E-state index contributed by atoms with van der Waals surface area (Å²) in [6.45, 7) is 10.5. The van der Waals surface area contributed by atoms with Crippen LogP contribution in [-0.2, 0) is 4.79 Å². The van der Waals surface area contributed by atoms with Gasteiger partial charge in [0.25, 0.3) is 0 Å². The zero-order chi connectivity index (χ0) is 12.1. The first kappa shape index (κ1) is 14.4. The molecule has 0 spiro atoms. The van der Waals surface area contributed by atoms with E-state index >= 15 is 0 Å². The van der Waals surface area contributed by atoms with E-state index in [1.54, 1.807) is 0 Å². The maximum atomic E-state index is 11.4. The van der Waals surface area contributed by atoms with Crippen molar-refractivity contribution in [1.29, 1.82) is 0 Å². The predicted molar refractivity (Wildman–Crippen MR) is 63.6 cm³/mol. The van der Waals surface area contributed by atoms with E-state index in [4.69, 9.17) is 5.73 Å². The Morgan fingerprint density at radius 3 is 2.40 bits per heavy atom. The molecule has 1 unspecified atom stereocenters. The number of likely N-dealkylation sites (N-methyl/N-ethyl adjacent to an activating group) is 2. The molecule has 0 aromatic carbocycles. The highest BCUT2D eigenvalue weighted by Crippen LogP contribution is 2.06. The summed E-state index contributed by atoms with van der Waals surface area (Å²) in [6.07, 6.45) is 0. The molecule has 0 saturated carbocycles. The smallest absolute Gasteiger partial charge is 0.238 e. The molecule has 0 bridgehead atoms. The van der Waals surface area contributed by atoms with Gasteiger partial charge in [0.1, 0.15) is 5.54 Å². The summed E-state index contributed by atoms with van der Waals surface area (Å²) in [5, 5.41) is 3.15. The van der Waals surface area contributed by atoms with E-state index in [1.165, 1.54) is 0 Å². The third-order valence-electron chi connectivity index (χ3n) is 2.37. The first-order valence-electron chi connectivity index (χ1n) is 5.55. The third-order valence-corrected chi connectivity index (χ3v) is 2.37. The molecule has 0 aliphatic carbocycles. The van der Waals surface area contributed by atoms with Crippen LogP contribution in [0.15, 0.2) is 0 Å². The highest BCUT2D eigenvalue weighted by Gasteiger charge is 2.31. The lowest BCUT2D eigenvalue weighted by Crippen LogP contribution is -2.59. The number of rotatable bonds is 7. The molecular formula is C11H25N3O. The van der Waals surface area contributed by atoms with Crippen molar-refractivity contribution in [3.05, 3.63) is 0 Å². The molecule has 0 saturated heterocycles. The maximum absolute atomic E-state index is 11.4. The van der Waals surface area contributed by atoms with E-state index in [0.29, 0.717) is 12.5 Å². The van der Waals surface area contributed by atoms with Crippen molar-refractivity contribution in [2.75, 3.05) is 26.7 Å². The molecular weight excluding hydrogens is 190 g/mol. The van der Waals surface area contributed by atoms with E-state index in [2.05, 4.69) is 24.1 Å². The number of primary amides is 1. The van der Waals surface area contributed by atoms with Gasteiger partial charge in [0.05, 0.1) is 0 Å². The van der Waals surface area contributed by atoms with Crippen LogP contribution in [0, 0.1) is 5.92 Å². The predicted octanol–water partition coefficient (Wildman–Crippen LogP) is 0.428. The Kier molecular flexibility index (Phi) is 5.83. The SMILES string of the molecule is CCNC(C)(CN(C)CC(C)C)C(N)=O. The second-order valence-electron chi connectivity index (χ2n) is 4.82. The minimum atomic E-state index is -0.627. The molecule has 0 aliphatic rings. The average Bonchev–Trinajstić information content (AvgIpc) is 2.01. The quantitative estimate of drug-likeness (QED) is 0.647. The van der Waals surface area contributed by atoms with Crippen LogP contribution in [0.2, 0.25) is 0 Å². The number of hydrogen-bond acceptors (Lipinski definition) is 3. The van der Waals surface area contributed by atoms with E-state index in [9.17, 15) is 4.79 Å². The van der Waals surface area contributed by atoms with Gasteiger partial charge in [0.15, 0.2) is 0 Å². The highest BCUT2D eigenvalue weighted by molar-refractivity contribution is 5.84. The molecule has 0 rings (SSSR count). The van der Waals surface area contributed by atoms with Crippen molar-refractivity contribution >= 4 is 5.91 Å². The Balaban J connectivity index is 4.34. The lowest BCUT2D eigenvalue weighted by Gasteiger charge is -2.32. The normalized spacial score (nSPS) is 15.7. The maximum Gasteiger partial charge on any atom is 0.238 e. The minimum Gasteiger partial charge on any atom is -0.368 e. The van der Waals surface area contributed by atoms with Crippen molar-refractivity contribution in [3.8, 4) is 0 Å². The number of carbonyl (C=O) groups excluding carboxylic acids is 1. The zero-order valence-electron chi connectivity index (χ0n) is 10.6. The van der Waals surface area contributed by atoms with Gasteiger partial charge in [0.2, 0.25) is 5.91 Å². The van der Waals surface area contributed by atoms with Crippen LogP contribution < -0.4 is 11.1 Å². The average molecular weight is 215 g/mol. The summed E-state index contributed by atoms with van der Waals surface area (Å²) in [6, 6.07) is 0. The van der Waals surface area contributed by atoms with Crippen molar-refractivity contribution in [2.24, 2.45) is 11.7 Å². The molecule has 0 heterocycles. The minimum absolute atomic E-state index is 0.292. The van der Waals surface area contributed by atoms with Gasteiger partial charge in [0, 0.05) is 13.1 Å². The molecule has 4 heteroatoms. The van der Waals surface area contributed by atoms with Gasteiger partial charge in [-0.3, -0.25) is 4.79 Å². The fourth-order valence-electron chi connectivity index (χ4n) is 1.84. The van der Waals surface area contributed by atoms with Gasteiger partial charge in [-0.15, -0.1) is 0 Å². The Morgan fingerprint density at radius 1 is 1.53 bits per heavy atom. The first-order valence-corrected chi connectivity index (χ1v) is 5.55. The lowest BCUT2D eigenvalue weighted by atomic mass is 10.0. The van der Waals surface area contributed by atoms with Gasteiger partial charge in [-0.05, 0) is 26.4 Å². The molecule has 3 N–H and O–H groups in total. The van der Waals surface area contributed by atoms with E-state index in [-0.39, 0.29) is 5.91 Å². The monoisotopic (exact) mass is 215 g/mol. The van der Waals surface area contributed by atoms with Crippen LogP contribution in [0.1, 0.15) is 27.7 Å². The largest absolute Gasteiger partial charge is 0.368 e. The number of carbonyl (C=O) groups is 1. The Hall–Kier alpha value is -0.610. The molecule has 0 radical (unpaired) electrons. The molecule has 0 aliphatic heterocycles. The number of nitrogens with two attached hydrogens (primary N) is 1. The fourth-order valence-corrected chi connectivity index (χ4v) is 1.84. The van der Waals surface area contributed by atoms with Crippen LogP contribution in [0.3, 0.4) is 0 Å². The molecule has 0 aromatic rings. The molecule has 4 nitrogen and oxygen atoms in total. The molecule has 90 valence electrons. The van der Waals surface area contributed by atoms with Gasteiger partial charge in [-0.25, -0.2) is 0 Å². The van der Waals surface area contributed by atoms with Crippen LogP contribution in [0.5, 0.6) is 0 Å². The summed E-state index contributed by atoms with van der Waals surface area (Å²) in [7, 11) is 2.01. The summed E-state index contributed by atoms with van der Waals surface area (Å²) >= 11 is 0. The van der Waals surface area contributed by atoms with Gasteiger partial charge in [-0.2, -0.15) is 0 Å². The molecule has 0 aromatic heterocycles. The Bertz CT molecular complexity index is 206. The fraction of sp³-hybridized carbons (Fsp3) is 0.909. The van der Waals surface area contributed by atoms with Crippen molar-refractivity contribution in [3.63, 3.8) is 0 Å². The van der Waals surface area contributed by atoms with Gasteiger partial charge < -0.3 is 16.0 Å². The Morgan fingerprint density at radius 2 is 2.07 bits per heavy atom. The number of hydrogen-bond donors (Lipinski definition) is 2. The van der Waals surface area contributed by atoms with Crippen molar-refractivity contribution < 1.29 is 4.79 Å². The Labute approximate surface area is 93.2 Å². The first-order chi connectivity index (χ1) is 6.81. The molecule has 0 fully saturated rings. The highest BCUT2D eigenvalue weighted by atomic mass is 16.1. The summed E-state index contributed by atoms with van der Waals surface area (Å²) in [4.78, 5) is 13.5. The standard InChI is InChI=1S/C11H25N3O/c1-6-13-11(4,10(12)15)8-14(5)7-9(2)3/h9,13H,6-8H2,1-5H3,(H2,12,15). The summed E-state index contributed by atoms with van der Waals surface area (Å²) < 4.78 is 0. The lowest BCUT2D eigenvalue weighted by molar-refractivity contribution is -0.124. The zero-order valence-corrected chi connectivity index (χ0v) is 10.6. The summed E-state index contributed by atoms with van der Waals surface area (Å²) in [5.41, 5.74) is 4.78. The molecule has 1 atom stereocenters. The number of amides is 1.